The second kappa shape index (κ2) is 6.48. The van der Waals surface area contributed by atoms with Crippen molar-refractivity contribution in [2.75, 3.05) is 39.1 Å². The summed E-state index contributed by atoms with van der Waals surface area (Å²) in [5.41, 5.74) is 2.29. The first-order valence-corrected chi connectivity index (χ1v) is 6.74. The Balaban J connectivity index is 2.69. The SMILES string of the molecule is CN(C)CCN(C)c1ccc(CBr)c(Cl)c1. The lowest BCUT2D eigenvalue weighted by Crippen LogP contribution is -2.28. The van der Waals surface area contributed by atoms with E-state index in [1.165, 1.54) is 0 Å². The summed E-state index contributed by atoms with van der Waals surface area (Å²) < 4.78 is 0. The van der Waals surface area contributed by atoms with E-state index in [0.717, 1.165) is 34.7 Å². The summed E-state index contributed by atoms with van der Waals surface area (Å²) in [7, 11) is 6.24. The van der Waals surface area contributed by atoms with E-state index in [1.54, 1.807) is 0 Å². The van der Waals surface area contributed by atoms with Crippen molar-refractivity contribution in [2.45, 2.75) is 5.33 Å². The largest absolute Gasteiger partial charge is 0.373 e. The van der Waals surface area contributed by atoms with Crippen molar-refractivity contribution in [3.8, 4) is 0 Å². The molecule has 0 amide bonds. The van der Waals surface area contributed by atoms with Crippen molar-refractivity contribution in [1.82, 2.24) is 4.90 Å². The molecule has 16 heavy (non-hydrogen) atoms. The van der Waals surface area contributed by atoms with Gasteiger partial charge in [-0.05, 0) is 31.8 Å². The monoisotopic (exact) mass is 304 g/mol. The first-order chi connectivity index (χ1) is 7.54. The molecule has 0 radical (unpaired) electrons. The van der Waals surface area contributed by atoms with Crippen LogP contribution in [0.4, 0.5) is 5.69 Å². The minimum absolute atomic E-state index is 0.799. The highest BCUT2D eigenvalue weighted by Crippen LogP contribution is 2.24. The fraction of sp³-hybridized carbons (Fsp3) is 0.500. The van der Waals surface area contributed by atoms with Gasteiger partial charge < -0.3 is 9.80 Å². The van der Waals surface area contributed by atoms with E-state index < -0.39 is 0 Å². The maximum Gasteiger partial charge on any atom is 0.0467 e. The molecule has 0 saturated carbocycles. The van der Waals surface area contributed by atoms with Crippen LogP contribution >= 0.6 is 27.5 Å². The van der Waals surface area contributed by atoms with Crippen LogP contribution in [0.1, 0.15) is 5.56 Å². The topological polar surface area (TPSA) is 6.48 Å². The summed E-state index contributed by atoms with van der Waals surface area (Å²) in [6, 6.07) is 6.20. The van der Waals surface area contributed by atoms with Gasteiger partial charge in [0.2, 0.25) is 0 Å². The number of alkyl halides is 1. The number of nitrogens with zero attached hydrogens (tertiary/aromatic N) is 2. The zero-order valence-corrected chi connectivity index (χ0v) is 12.3. The first-order valence-electron chi connectivity index (χ1n) is 5.25. The van der Waals surface area contributed by atoms with E-state index in [9.17, 15) is 0 Å². The van der Waals surface area contributed by atoms with Crippen LogP contribution in [0.3, 0.4) is 0 Å². The van der Waals surface area contributed by atoms with Crippen molar-refractivity contribution < 1.29 is 0 Å². The van der Waals surface area contributed by atoms with Gasteiger partial charge in [-0.25, -0.2) is 0 Å². The Hall–Kier alpha value is -0.250. The molecular formula is C12H18BrClN2. The molecule has 0 aromatic heterocycles. The highest BCUT2D eigenvalue weighted by atomic mass is 79.9. The van der Waals surface area contributed by atoms with Crippen LogP contribution in [-0.4, -0.2) is 39.1 Å². The average molecular weight is 306 g/mol. The Bertz CT molecular complexity index is 342. The average Bonchev–Trinajstić information content (AvgIpc) is 2.25. The molecule has 0 aliphatic heterocycles. The van der Waals surface area contributed by atoms with Gasteiger partial charge in [-0.3, -0.25) is 0 Å². The lowest BCUT2D eigenvalue weighted by atomic mass is 10.2. The molecule has 0 atom stereocenters. The molecule has 1 aromatic carbocycles. The lowest BCUT2D eigenvalue weighted by Gasteiger charge is -2.22. The Morgan fingerprint density at radius 2 is 1.88 bits per heavy atom. The molecule has 0 heterocycles. The zero-order chi connectivity index (χ0) is 12.1. The van der Waals surface area contributed by atoms with Crippen LogP contribution in [0.25, 0.3) is 0 Å². The molecule has 0 bridgehead atoms. The number of likely N-dealkylation sites (N-methyl/N-ethyl adjacent to an activating group) is 2. The third kappa shape index (κ3) is 3.96. The summed E-state index contributed by atoms with van der Waals surface area (Å²) in [4.78, 5) is 4.38. The van der Waals surface area contributed by atoms with Gasteiger partial charge in [0.15, 0.2) is 0 Å². The molecule has 0 fully saturated rings. The number of anilines is 1. The smallest absolute Gasteiger partial charge is 0.0467 e. The molecule has 1 rings (SSSR count). The Kier molecular flexibility index (Phi) is 5.59. The lowest BCUT2D eigenvalue weighted by molar-refractivity contribution is 0.416. The van der Waals surface area contributed by atoms with Crippen molar-refractivity contribution in [3.63, 3.8) is 0 Å². The van der Waals surface area contributed by atoms with Crippen molar-refractivity contribution in [3.05, 3.63) is 28.8 Å². The number of rotatable bonds is 5. The molecule has 0 unspecified atom stereocenters. The molecule has 0 aliphatic carbocycles. The van der Waals surface area contributed by atoms with Gasteiger partial charge in [-0.1, -0.05) is 33.6 Å². The van der Waals surface area contributed by atoms with E-state index in [4.69, 9.17) is 11.6 Å². The van der Waals surface area contributed by atoms with Crippen LogP contribution in [0.5, 0.6) is 0 Å². The molecule has 0 aliphatic rings. The van der Waals surface area contributed by atoms with Gasteiger partial charge >= 0.3 is 0 Å². The predicted octanol–water partition coefficient (Wildman–Crippen LogP) is 3.23. The van der Waals surface area contributed by atoms with Crippen LogP contribution < -0.4 is 4.90 Å². The third-order valence-corrected chi connectivity index (χ3v) is 3.46. The van der Waals surface area contributed by atoms with E-state index >= 15 is 0 Å². The Labute approximate surface area is 111 Å². The molecular weight excluding hydrogens is 288 g/mol. The van der Waals surface area contributed by atoms with E-state index in [-0.39, 0.29) is 0 Å². The fourth-order valence-electron chi connectivity index (χ4n) is 1.36. The van der Waals surface area contributed by atoms with Gasteiger partial charge in [-0.2, -0.15) is 0 Å². The van der Waals surface area contributed by atoms with Crippen molar-refractivity contribution >= 4 is 33.2 Å². The van der Waals surface area contributed by atoms with Gasteiger partial charge in [-0.15, -0.1) is 0 Å². The molecule has 90 valence electrons. The van der Waals surface area contributed by atoms with Crippen molar-refractivity contribution in [1.29, 1.82) is 0 Å². The Morgan fingerprint density at radius 3 is 2.38 bits per heavy atom. The highest BCUT2D eigenvalue weighted by molar-refractivity contribution is 9.08. The molecule has 2 nitrogen and oxygen atoms in total. The maximum absolute atomic E-state index is 6.17. The van der Waals surface area contributed by atoms with E-state index in [0.29, 0.717) is 0 Å². The van der Waals surface area contributed by atoms with Crippen molar-refractivity contribution in [2.24, 2.45) is 0 Å². The quantitative estimate of drug-likeness (QED) is 0.771. The number of benzene rings is 1. The normalized spacial score (nSPS) is 10.9. The second-order valence-electron chi connectivity index (χ2n) is 4.13. The minimum Gasteiger partial charge on any atom is -0.373 e. The Morgan fingerprint density at radius 1 is 1.19 bits per heavy atom. The summed E-state index contributed by atoms with van der Waals surface area (Å²) in [5, 5.41) is 1.62. The molecule has 1 aromatic rings. The molecule has 0 saturated heterocycles. The van der Waals surface area contributed by atoms with Crippen LogP contribution in [0.15, 0.2) is 18.2 Å². The summed E-state index contributed by atoms with van der Waals surface area (Å²) >= 11 is 9.58. The number of hydrogen-bond acceptors (Lipinski definition) is 2. The van der Waals surface area contributed by atoms with Gasteiger partial charge in [0.25, 0.3) is 0 Å². The number of halogens is 2. The van der Waals surface area contributed by atoms with Crippen LogP contribution in [-0.2, 0) is 5.33 Å². The molecule has 0 N–H and O–H groups in total. The third-order valence-electron chi connectivity index (χ3n) is 2.50. The van der Waals surface area contributed by atoms with Gasteiger partial charge in [0, 0.05) is 36.2 Å². The van der Waals surface area contributed by atoms with E-state index in [1.807, 2.05) is 6.07 Å². The van der Waals surface area contributed by atoms with Crippen LogP contribution in [0, 0.1) is 0 Å². The fourth-order valence-corrected chi connectivity index (χ4v) is 2.25. The van der Waals surface area contributed by atoms with E-state index in [2.05, 4.69) is 59.0 Å². The van der Waals surface area contributed by atoms with Gasteiger partial charge in [0.05, 0.1) is 0 Å². The summed E-state index contributed by atoms with van der Waals surface area (Å²) in [6.07, 6.45) is 0. The highest BCUT2D eigenvalue weighted by Gasteiger charge is 2.05. The minimum atomic E-state index is 0.799. The number of hydrogen-bond donors (Lipinski definition) is 0. The van der Waals surface area contributed by atoms with Gasteiger partial charge in [0.1, 0.15) is 0 Å². The standard InChI is InChI=1S/C12H18BrClN2/c1-15(2)6-7-16(3)11-5-4-10(9-13)12(14)8-11/h4-5,8H,6-7,9H2,1-3H3. The summed E-state index contributed by atoms with van der Waals surface area (Å²) in [5.74, 6) is 0. The molecule has 0 spiro atoms. The summed E-state index contributed by atoms with van der Waals surface area (Å²) in [6.45, 7) is 2.03. The maximum atomic E-state index is 6.17. The predicted molar refractivity (Wildman–Crippen MR) is 75.9 cm³/mol. The zero-order valence-electron chi connectivity index (χ0n) is 10.0. The van der Waals surface area contributed by atoms with Crippen LogP contribution in [0.2, 0.25) is 5.02 Å². The molecule has 4 heteroatoms. The second-order valence-corrected chi connectivity index (χ2v) is 5.10. The first kappa shape index (κ1) is 13.8.